The summed E-state index contributed by atoms with van der Waals surface area (Å²) in [6.45, 7) is 7.70. The Balaban J connectivity index is 1.37. The van der Waals surface area contributed by atoms with Crippen LogP contribution in [0.15, 0.2) is 88.5 Å². The van der Waals surface area contributed by atoms with Crippen molar-refractivity contribution in [2.75, 3.05) is 5.32 Å². The number of carbonyl (C=O) groups excluding carboxylic acids is 1. The van der Waals surface area contributed by atoms with E-state index in [9.17, 15) is 4.79 Å². The van der Waals surface area contributed by atoms with Gasteiger partial charge in [-0.3, -0.25) is 4.79 Å². The normalized spacial score (nSPS) is 15.3. The minimum absolute atomic E-state index is 0.117. The Labute approximate surface area is 264 Å². The van der Waals surface area contributed by atoms with Crippen molar-refractivity contribution in [3.63, 3.8) is 0 Å². The van der Waals surface area contributed by atoms with Gasteiger partial charge < -0.3 is 9.88 Å². The first-order chi connectivity index (χ1) is 20.2. The molecule has 1 atom stereocenters. The molecule has 0 aliphatic heterocycles. The van der Waals surface area contributed by atoms with Gasteiger partial charge in [0, 0.05) is 55.5 Å². The van der Waals surface area contributed by atoms with Crippen LogP contribution in [0.4, 0.5) is 10.7 Å². The predicted octanol–water partition coefficient (Wildman–Crippen LogP) is 10.3. The second-order valence-electron chi connectivity index (χ2n) is 12.1. The van der Waals surface area contributed by atoms with E-state index in [1.807, 2.05) is 18.3 Å². The topological polar surface area (TPSA) is 46.4 Å². The second-order valence-corrected chi connectivity index (χ2v) is 14.5. The maximum atomic E-state index is 13.8. The molecule has 42 heavy (non-hydrogen) atoms. The lowest BCUT2D eigenvalue weighted by Gasteiger charge is -2.33. The van der Waals surface area contributed by atoms with Gasteiger partial charge in [-0.25, -0.2) is 4.99 Å². The summed E-state index contributed by atoms with van der Waals surface area (Å²) in [6, 6.07) is 24.1. The smallest absolute Gasteiger partial charge is 0.259 e. The number of amides is 1. The summed E-state index contributed by atoms with van der Waals surface area (Å²) in [4.78, 5) is 20.1. The van der Waals surface area contributed by atoms with E-state index in [0.29, 0.717) is 16.5 Å². The van der Waals surface area contributed by atoms with Crippen molar-refractivity contribution in [1.29, 1.82) is 0 Å². The van der Waals surface area contributed by atoms with Crippen molar-refractivity contribution in [1.82, 2.24) is 4.57 Å². The molecule has 0 spiro atoms. The molecule has 0 fully saturated rings. The summed E-state index contributed by atoms with van der Waals surface area (Å²) in [5.41, 5.74) is 6.20. The summed E-state index contributed by atoms with van der Waals surface area (Å²) < 4.78 is 3.33. The van der Waals surface area contributed by atoms with Crippen molar-refractivity contribution in [3.8, 4) is 0 Å². The van der Waals surface area contributed by atoms with Gasteiger partial charge in [0.2, 0.25) is 0 Å². The number of hydrogen-bond acceptors (Lipinski definition) is 3. The third-order valence-corrected chi connectivity index (χ3v) is 10.2. The van der Waals surface area contributed by atoms with Crippen molar-refractivity contribution in [2.45, 2.75) is 46.6 Å². The fourth-order valence-corrected chi connectivity index (χ4v) is 7.45. The van der Waals surface area contributed by atoms with Crippen molar-refractivity contribution in [3.05, 3.63) is 116 Å². The third-order valence-electron chi connectivity index (χ3n) is 8.21. The highest BCUT2D eigenvalue weighted by molar-refractivity contribution is 9.10. The molecule has 5 aromatic rings. The largest absolute Gasteiger partial charge is 0.342 e. The van der Waals surface area contributed by atoms with E-state index in [1.54, 1.807) is 23.5 Å². The molecule has 1 aliphatic rings. The van der Waals surface area contributed by atoms with Crippen LogP contribution in [0.1, 0.15) is 59.1 Å². The monoisotopic (exact) mass is 657 g/mol. The number of aromatic nitrogens is 1. The number of halogens is 2. The molecule has 0 saturated carbocycles. The van der Waals surface area contributed by atoms with E-state index in [-0.39, 0.29) is 11.3 Å². The van der Waals surface area contributed by atoms with Crippen LogP contribution in [-0.4, -0.2) is 16.7 Å². The number of carbonyl (C=O) groups is 1. The van der Waals surface area contributed by atoms with Crippen LogP contribution in [0.3, 0.4) is 0 Å². The number of para-hydroxylation sites is 1. The zero-order valence-electron chi connectivity index (χ0n) is 24.0. The van der Waals surface area contributed by atoms with E-state index in [4.69, 9.17) is 16.6 Å². The van der Waals surface area contributed by atoms with Crippen LogP contribution in [0, 0.1) is 11.3 Å². The first-order valence-corrected chi connectivity index (χ1v) is 16.2. The van der Waals surface area contributed by atoms with E-state index in [1.165, 1.54) is 10.4 Å². The standard InChI is InChI=1S/C35H33BrClN3OS/c1-35(2,3)24-10-17-29-31(18-24)42-34(32(29)33(41)39-27-15-13-26(37)14-16-27)38-19-23-21-40(30-7-5-4-6-28(23)30)20-22-8-11-25(36)12-9-22/h4-9,11-16,19,21,24H,10,17-18,20H2,1-3H3,(H,39,41)/t24-/m0/s1. The summed E-state index contributed by atoms with van der Waals surface area (Å²) >= 11 is 11.3. The highest BCUT2D eigenvalue weighted by Crippen LogP contribution is 2.45. The number of rotatable bonds is 6. The highest BCUT2D eigenvalue weighted by Gasteiger charge is 2.33. The summed E-state index contributed by atoms with van der Waals surface area (Å²) in [5.74, 6) is 0.457. The summed E-state index contributed by atoms with van der Waals surface area (Å²) in [7, 11) is 0. The molecule has 0 unspecified atom stereocenters. The molecule has 7 heteroatoms. The minimum Gasteiger partial charge on any atom is -0.342 e. The predicted molar refractivity (Wildman–Crippen MR) is 181 cm³/mol. The van der Waals surface area contributed by atoms with E-state index < -0.39 is 0 Å². The van der Waals surface area contributed by atoms with Crippen LogP contribution in [0.25, 0.3) is 10.9 Å². The molecule has 0 saturated heterocycles. The molecule has 4 nitrogen and oxygen atoms in total. The Hall–Kier alpha value is -3.19. The third kappa shape index (κ3) is 6.12. The Morgan fingerprint density at radius 3 is 2.57 bits per heavy atom. The maximum absolute atomic E-state index is 13.8. The fraction of sp³-hybridized carbons (Fsp3) is 0.257. The average molecular weight is 659 g/mol. The first-order valence-electron chi connectivity index (χ1n) is 14.2. The zero-order valence-corrected chi connectivity index (χ0v) is 27.1. The van der Waals surface area contributed by atoms with Gasteiger partial charge in [0.05, 0.1) is 5.56 Å². The molecule has 214 valence electrons. The molecule has 3 aromatic carbocycles. The quantitative estimate of drug-likeness (QED) is 0.181. The number of aliphatic imine (C=N–C) groups is 1. The molecule has 2 aromatic heterocycles. The molecule has 1 N–H and O–H groups in total. The fourth-order valence-electron chi connectivity index (χ4n) is 5.79. The Morgan fingerprint density at radius 1 is 1.10 bits per heavy atom. The average Bonchev–Trinajstić information content (AvgIpc) is 3.51. The van der Waals surface area contributed by atoms with E-state index in [2.05, 4.69) is 101 Å². The van der Waals surface area contributed by atoms with Crippen LogP contribution in [0.5, 0.6) is 0 Å². The Morgan fingerprint density at radius 2 is 1.83 bits per heavy atom. The number of hydrogen-bond donors (Lipinski definition) is 1. The maximum Gasteiger partial charge on any atom is 0.259 e. The lowest BCUT2D eigenvalue weighted by molar-refractivity contribution is 0.102. The molecule has 0 bridgehead atoms. The van der Waals surface area contributed by atoms with Gasteiger partial charge >= 0.3 is 0 Å². The number of fused-ring (bicyclic) bond motifs is 2. The van der Waals surface area contributed by atoms with Gasteiger partial charge in [0.1, 0.15) is 5.00 Å². The number of nitrogens with one attached hydrogen (secondary N) is 1. The first kappa shape index (κ1) is 28.9. The minimum atomic E-state index is -0.117. The zero-order chi connectivity index (χ0) is 29.4. The molecular weight excluding hydrogens is 626 g/mol. The van der Waals surface area contributed by atoms with Crippen LogP contribution in [0.2, 0.25) is 5.02 Å². The lowest BCUT2D eigenvalue weighted by Crippen LogP contribution is -2.27. The molecule has 0 radical (unpaired) electrons. The van der Waals surface area contributed by atoms with Crippen LogP contribution < -0.4 is 5.32 Å². The van der Waals surface area contributed by atoms with E-state index >= 15 is 0 Å². The van der Waals surface area contributed by atoms with Gasteiger partial charge in [-0.05, 0) is 84.2 Å². The van der Waals surface area contributed by atoms with Crippen molar-refractivity contribution >= 4 is 72.6 Å². The lowest BCUT2D eigenvalue weighted by atomic mass is 9.72. The molecule has 2 heterocycles. The van der Waals surface area contributed by atoms with Gasteiger partial charge in [-0.15, -0.1) is 11.3 Å². The second kappa shape index (κ2) is 11.8. The number of benzene rings is 3. The highest BCUT2D eigenvalue weighted by atomic mass is 79.9. The van der Waals surface area contributed by atoms with Crippen molar-refractivity contribution in [2.24, 2.45) is 16.3 Å². The Kier molecular flexibility index (Phi) is 8.14. The molecule has 6 rings (SSSR count). The molecule has 1 aliphatic carbocycles. The number of nitrogens with zero attached hydrogens (tertiary/aromatic N) is 2. The molecular formula is C35H33BrClN3OS. The van der Waals surface area contributed by atoms with Gasteiger partial charge in [-0.1, -0.05) is 78.6 Å². The SMILES string of the molecule is CC(C)(C)[C@H]1CCc2c(sc(N=Cc3cn(Cc4ccc(Br)cc4)c4ccccc34)c2C(=O)Nc2ccc(Cl)cc2)C1. The van der Waals surface area contributed by atoms with Gasteiger partial charge in [0.25, 0.3) is 5.91 Å². The van der Waals surface area contributed by atoms with E-state index in [0.717, 1.165) is 63.0 Å². The van der Waals surface area contributed by atoms with Crippen LogP contribution >= 0.6 is 38.9 Å². The number of thiophene rings is 1. The number of anilines is 1. The summed E-state index contributed by atoms with van der Waals surface area (Å²) in [6.07, 6.45) is 7.03. The summed E-state index contributed by atoms with van der Waals surface area (Å²) in [5, 5.41) is 5.64. The van der Waals surface area contributed by atoms with Gasteiger partial charge in [-0.2, -0.15) is 0 Å². The van der Waals surface area contributed by atoms with Crippen molar-refractivity contribution < 1.29 is 4.79 Å². The van der Waals surface area contributed by atoms with Crippen LogP contribution in [-0.2, 0) is 19.4 Å². The Bertz CT molecular complexity index is 1780. The molecule has 1 amide bonds. The van der Waals surface area contributed by atoms with Gasteiger partial charge in [0.15, 0.2) is 0 Å².